The minimum atomic E-state index is -1.24. The number of morpholine rings is 1. The molecule has 2 heterocycles. The molecule has 0 aliphatic carbocycles. The highest BCUT2D eigenvalue weighted by Gasteiger charge is 2.45. The zero-order valence-electron chi connectivity index (χ0n) is 17.3. The number of hydrogen-bond donors (Lipinski definition) is 1. The highest BCUT2D eigenvalue weighted by molar-refractivity contribution is 5.87. The largest absolute Gasteiger partial charge is 0.368 e. The number of hydrogen-bond acceptors (Lipinski definition) is 4. The first-order valence-electron chi connectivity index (χ1n) is 10.5. The highest BCUT2D eigenvalue weighted by atomic mass is 16.5. The van der Waals surface area contributed by atoms with E-state index in [1.807, 2.05) is 18.2 Å². The molecule has 2 aliphatic rings. The van der Waals surface area contributed by atoms with Crippen LogP contribution in [0.4, 0.5) is 0 Å². The number of nitrogens with zero attached hydrogens (tertiary/aromatic N) is 1. The maximum Gasteiger partial charge on any atom is 0.251 e. The molecule has 0 aromatic heterocycles. The van der Waals surface area contributed by atoms with E-state index in [1.165, 1.54) is 5.56 Å². The number of carbonyl (C=O) groups is 2. The fourth-order valence-electron chi connectivity index (χ4n) is 4.23. The number of aryl methyl sites for hydroxylation is 1. The molecule has 2 saturated heterocycles. The van der Waals surface area contributed by atoms with E-state index in [9.17, 15) is 9.59 Å². The van der Waals surface area contributed by atoms with Crippen LogP contribution in [0, 0.1) is 6.92 Å². The summed E-state index contributed by atoms with van der Waals surface area (Å²) in [4.78, 5) is 27.0. The molecule has 158 valence electrons. The molecular formula is C24H28N2O4. The van der Waals surface area contributed by atoms with Gasteiger partial charge in [-0.2, -0.15) is 0 Å². The minimum Gasteiger partial charge on any atom is -0.368 e. The first-order valence-corrected chi connectivity index (χ1v) is 10.5. The molecule has 2 fully saturated rings. The predicted octanol–water partition coefficient (Wildman–Crippen LogP) is 2.47. The monoisotopic (exact) mass is 408 g/mol. The third-order valence-corrected chi connectivity index (χ3v) is 5.95. The summed E-state index contributed by atoms with van der Waals surface area (Å²) >= 11 is 0. The average molecular weight is 408 g/mol. The van der Waals surface area contributed by atoms with Crippen LogP contribution in [0.2, 0.25) is 0 Å². The predicted molar refractivity (Wildman–Crippen MR) is 114 cm³/mol. The van der Waals surface area contributed by atoms with Crippen molar-refractivity contribution in [3.05, 3.63) is 59.7 Å². The van der Waals surface area contributed by atoms with Gasteiger partial charge in [0.25, 0.3) is 11.8 Å². The molecule has 4 rings (SSSR count). The van der Waals surface area contributed by atoms with Crippen molar-refractivity contribution < 1.29 is 19.1 Å². The summed E-state index contributed by atoms with van der Waals surface area (Å²) in [6, 6.07) is 16.3. The summed E-state index contributed by atoms with van der Waals surface area (Å²) in [6.45, 7) is 3.53. The lowest BCUT2D eigenvalue weighted by Crippen LogP contribution is -2.62. The second kappa shape index (κ2) is 8.58. The first-order chi connectivity index (χ1) is 14.5. The smallest absolute Gasteiger partial charge is 0.251 e. The maximum atomic E-state index is 12.8. The van der Waals surface area contributed by atoms with Crippen LogP contribution in [0.5, 0.6) is 0 Å². The minimum absolute atomic E-state index is 0.0742. The molecule has 0 radical (unpaired) electrons. The Morgan fingerprint density at radius 2 is 1.93 bits per heavy atom. The van der Waals surface area contributed by atoms with Gasteiger partial charge in [-0.05, 0) is 36.5 Å². The number of rotatable bonds is 5. The van der Waals surface area contributed by atoms with E-state index in [0.29, 0.717) is 19.6 Å². The maximum absolute atomic E-state index is 12.8. The van der Waals surface area contributed by atoms with Gasteiger partial charge in [0.05, 0.1) is 13.2 Å². The van der Waals surface area contributed by atoms with Crippen LogP contribution in [0.1, 0.15) is 24.0 Å². The lowest BCUT2D eigenvalue weighted by Gasteiger charge is -2.41. The van der Waals surface area contributed by atoms with Crippen molar-refractivity contribution in [3.63, 3.8) is 0 Å². The van der Waals surface area contributed by atoms with Crippen molar-refractivity contribution in [1.29, 1.82) is 0 Å². The van der Waals surface area contributed by atoms with Crippen LogP contribution >= 0.6 is 0 Å². The van der Waals surface area contributed by atoms with Gasteiger partial charge in [-0.3, -0.25) is 9.59 Å². The van der Waals surface area contributed by atoms with Crippen molar-refractivity contribution in [1.82, 2.24) is 4.90 Å². The molecule has 0 unspecified atom stereocenters. The Labute approximate surface area is 177 Å². The molecule has 6 heteroatoms. The highest BCUT2D eigenvalue weighted by Crippen LogP contribution is 2.28. The zero-order valence-corrected chi connectivity index (χ0v) is 17.3. The number of amides is 2. The van der Waals surface area contributed by atoms with Gasteiger partial charge in [-0.25, -0.2) is 0 Å². The Hall–Kier alpha value is -2.70. The van der Waals surface area contributed by atoms with Crippen LogP contribution in [0.15, 0.2) is 48.5 Å². The van der Waals surface area contributed by atoms with E-state index in [0.717, 1.165) is 29.5 Å². The van der Waals surface area contributed by atoms with E-state index < -0.39 is 17.6 Å². The van der Waals surface area contributed by atoms with Gasteiger partial charge in [-0.15, -0.1) is 0 Å². The van der Waals surface area contributed by atoms with Crippen molar-refractivity contribution >= 4 is 11.8 Å². The van der Waals surface area contributed by atoms with Gasteiger partial charge in [0.15, 0.2) is 5.60 Å². The molecule has 0 bridgehead atoms. The summed E-state index contributed by atoms with van der Waals surface area (Å²) < 4.78 is 11.5. The van der Waals surface area contributed by atoms with Crippen LogP contribution in [0.3, 0.4) is 0 Å². The first kappa shape index (κ1) is 20.6. The van der Waals surface area contributed by atoms with Gasteiger partial charge in [0, 0.05) is 19.6 Å². The quantitative estimate of drug-likeness (QED) is 0.824. The van der Waals surface area contributed by atoms with E-state index >= 15 is 0 Å². The Kier molecular flexibility index (Phi) is 5.88. The van der Waals surface area contributed by atoms with E-state index in [2.05, 4.69) is 37.3 Å². The van der Waals surface area contributed by atoms with E-state index in [4.69, 9.17) is 15.2 Å². The number of primary amides is 1. The summed E-state index contributed by atoms with van der Waals surface area (Å²) in [6.07, 6.45) is 1.50. The van der Waals surface area contributed by atoms with Crippen LogP contribution in [-0.2, 0) is 25.5 Å². The average Bonchev–Trinajstić information content (AvgIpc) is 3.29. The summed E-state index contributed by atoms with van der Waals surface area (Å²) in [5.41, 5.74) is 8.88. The van der Waals surface area contributed by atoms with Crippen molar-refractivity contribution in [2.75, 3.05) is 26.3 Å². The molecule has 30 heavy (non-hydrogen) atoms. The number of nitrogens with two attached hydrogens (primary N) is 1. The zero-order chi connectivity index (χ0) is 21.1. The Morgan fingerprint density at radius 1 is 1.13 bits per heavy atom. The SMILES string of the molecule is Cc1ccc(-c2cccc(C[C@@]3(C(N)=O)CN(C(=O)[C@@H]4CCCO4)CCO3)c2)cc1. The number of carbonyl (C=O) groups excluding carboxylic acids is 2. The summed E-state index contributed by atoms with van der Waals surface area (Å²) in [7, 11) is 0. The topological polar surface area (TPSA) is 81.9 Å². The summed E-state index contributed by atoms with van der Waals surface area (Å²) in [5, 5.41) is 0. The van der Waals surface area contributed by atoms with Gasteiger partial charge < -0.3 is 20.1 Å². The van der Waals surface area contributed by atoms with Gasteiger partial charge in [0.1, 0.15) is 6.10 Å². The van der Waals surface area contributed by atoms with Crippen LogP contribution < -0.4 is 5.73 Å². The van der Waals surface area contributed by atoms with Crippen molar-refractivity contribution in [2.45, 2.75) is 37.9 Å². The lowest BCUT2D eigenvalue weighted by molar-refractivity contribution is -0.167. The third-order valence-electron chi connectivity index (χ3n) is 5.95. The second-order valence-electron chi connectivity index (χ2n) is 8.21. The van der Waals surface area contributed by atoms with Gasteiger partial charge in [0.2, 0.25) is 0 Å². The molecule has 6 nitrogen and oxygen atoms in total. The van der Waals surface area contributed by atoms with E-state index in [-0.39, 0.29) is 19.1 Å². The molecule has 2 aliphatic heterocycles. The Morgan fingerprint density at radius 3 is 2.63 bits per heavy atom. The molecule has 2 aromatic rings. The van der Waals surface area contributed by atoms with Crippen LogP contribution in [-0.4, -0.2) is 54.7 Å². The van der Waals surface area contributed by atoms with Crippen LogP contribution in [0.25, 0.3) is 11.1 Å². The second-order valence-corrected chi connectivity index (χ2v) is 8.21. The van der Waals surface area contributed by atoms with Crippen molar-refractivity contribution in [2.24, 2.45) is 5.73 Å². The van der Waals surface area contributed by atoms with Gasteiger partial charge in [-0.1, -0.05) is 54.1 Å². The fraction of sp³-hybridized carbons (Fsp3) is 0.417. The molecule has 2 aromatic carbocycles. The molecule has 2 atom stereocenters. The summed E-state index contributed by atoms with van der Waals surface area (Å²) in [5.74, 6) is -0.622. The van der Waals surface area contributed by atoms with E-state index in [1.54, 1.807) is 4.90 Å². The Bertz CT molecular complexity index is 921. The molecule has 0 spiro atoms. The molecular weight excluding hydrogens is 380 g/mol. The number of ether oxygens (including phenoxy) is 2. The van der Waals surface area contributed by atoms with Gasteiger partial charge >= 0.3 is 0 Å². The molecule has 2 N–H and O–H groups in total. The lowest BCUT2D eigenvalue weighted by atomic mass is 9.90. The molecule has 0 saturated carbocycles. The fourth-order valence-corrected chi connectivity index (χ4v) is 4.23. The van der Waals surface area contributed by atoms with Crippen molar-refractivity contribution in [3.8, 4) is 11.1 Å². The standard InChI is InChI=1S/C24H28N2O4/c1-17-7-9-19(10-8-17)20-5-2-4-18(14-20)15-24(23(25)28)16-26(11-13-30-24)22(27)21-6-3-12-29-21/h2,4-5,7-10,14,21H,3,6,11-13,15-16H2,1H3,(H2,25,28)/t21-,24-/m0/s1. The third kappa shape index (κ3) is 4.25. The molecule has 2 amide bonds. The number of benzene rings is 2. The normalized spacial score (nSPS) is 24.0. The Balaban J connectivity index is 1.56.